The highest BCUT2D eigenvalue weighted by Gasteiger charge is 2.10. The Labute approximate surface area is 113 Å². The molecule has 1 aromatic carbocycles. The van der Waals surface area contributed by atoms with Crippen LogP contribution in [0.1, 0.15) is 26.3 Å². The van der Waals surface area contributed by atoms with Crippen LogP contribution in [0.3, 0.4) is 0 Å². The molecule has 0 unspecified atom stereocenters. The minimum atomic E-state index is 0.0958. The SMILES string of the molecule is CC(C)(C)NCc1ccc(Cl)cc1SCCO. The van der Waals surface area contributed by atoms with Crippen molar-refractivity contribution in [3.63, 3.8) is 0 Å². The fraction of sp³-hybridized carbons (Fsp3) is 0.538. The summed E-state index contributed by atoms with van der Waals surface area (Å²) in [5.41, 5.74) is 1.32. The summed E-state index contributed by atoms with van der Waals surface area (Å²) >= 11 is 7.63. The van der Waals surface area contributed by atoms with Gasteiger partial charge in [0.25, 0.3) is 0 Å². The molecule has 0 heterocycles. The highest BCUT2D eigenvalue weighted by atomic mass is 35.5. The lowest BCUT2D eigenvalue weighted by Gasteiger charge is -2.21. The molecular formula is C13H20ClNOS. The average Bonchev–Trinajstić information content (AvgIpc) is 2.23. The van der Waals surface area contributed by atoms with E-state index < -0.39 is 0 Å². The molecule has 96 valence electrons. The number of aliphatic hydroxyl groups excluding tert-OH is 1. The van der Waals surface area contributed by atoms with E-state index in [0.717, 1.165) is 16.5 Å². The standard InChI is InChI=1S/C13H20ClNOS/c1-13(2,3)15-9-10-4-5-11(14)8-12(10)17-7-6-16/h4-5,8,15-16H,6-7,9H2,1-3H3. The van der Waals surface area contributed by atoms with Crippen molar-refractivity contribution in [1.29, 1.82) is 0 Å². The van der Waals surface area contributed by atoms with Crippen molar-refractivity contribution in [2.24, 2.45) is 0 Å². The number of hydrogen-bond acceptors (Lipinski definition) is 3. The van der Waals surface area contributed by atoms with Gasteiger partial charge in [-0.05, 0) is 38.5 Å². The summed E-state index contributed by atoms with van der Waals surface area (Å²) in [7, 11) is 0. The first-order valence-corrected chi connectivity index (χ1v) is 7.06. The topological polar surface area (TPSA) is 32.3 Å². The van der Waals surface area contributed by atoms with E-state index in [1.165, 1.54) is 5.56 Å². The second-order valence-electron chi connectivity index (χ2n) is 4.93. The highest BCUT2D eigenvalue weighted by molar-refractivity contribution is 7.99. The van der Waals surface area contributed by atoms with Crippen molar-refractivity contribution in [3.8, 4) is 0 Å². The largest absolute Gasteiger partial charge is 0.396 e. The van der Waals surface area contributed by atoms with Crippen molar-refractivity contribution < 1.29 is 5.11 Å². The van der Waals surface area contributed by atoms with Crippen molar-refractivity contribution in [2.45, 2.75) is 37.8 Å². The van der Waals surface area contributed by atoms with Crippen LogP contribution in [0.5, 0.6) is 0 Å². The third-order valence-corrected chi connectivity index (χ3v) is 3.50. The molecule has 17 heavy (non-hydrogen) atoms. The predicted octanol–water partition coefficient (Wildman–Crippen LogP) is 3.31. The molecule has 0 atom stereocenters. The summed E-state index contributed by atoms with van der Waals surface area (Å²) in [4.78, 5) is 1.14. The molecule has 0 bridgehead atoms. The van der Waals surface area contributed by atoms with Crippen LogP contribution in [0.25, 0.3) is 0 Å². The van der Waals surface area contributed by atoms with E-state index in [-0.39, 0.29) is 12.1 Å². The molecule has 4 heteroatoms. The Morgan fingerprint density at radius 1 is 1.35 bits per heavy atom. The van der Waals surface area contributed by atoms with Gasteiger partial charge < -0.3 is 10.4 Å². The first kappa shape index (κ1) is 14.8. The summed E-state index contributed by atoms with van der Waals surface area (Å²) in [6.07, 6.45) is 0. The van der Waals surface area contributed by atoms with Gasteiger partial charge in [-0.25, -0.2) is 0 Å². The first-order valence-electron chi connectivity index (χ1n) is 5.69. The lowest BCUT2D eigenvalue weighted by molar-refractivity contribution is 0.322. The molecule has 0 saturated heterocycles. The van der Waals surface area contributed by atoms with Crippen molar-refractivity contribution in [2.75, 3.05) is 12.4 Å². The fourth-order valence-electron chi connectivity index (χ4n) is 1.32. The predicted molar refractivity (Wildman–Crippen MR) is 75.9 cm³/mol. The van der Waals surface area contributed by atoms with Gasteiger partial charge in [0.2, 0.25) is 0 Å². The van der Waals surface area contributed by atoms with Crippen molar-refractivity contribution in [1.82, 2.24) is 5.32 Å². The van der Waals surface area contributed by atoms with E-state index in [0.29, 0.717) is 5.75 Å². The number of hydrogen-bond donors (Lipinski definition) is 2. The second-order valence-corrected chi connectivity index (χ2v) is 6.50. The number of halogens is 1. The molecule has 0 aliphatic carbocycles. The van der Waals surface area contributed by atoms with Gasteiger partial charge in [-0.1, -0.05) is 17.7 Å². The second kappa shape index (κ2) is 6.64. The van der Waals surface area contributed by atoms with Gasteiger partial charge in [-0.3, -0.25) is 0 Å². The maximum atomic E-state index is 8.88. The zero-order chi connectivity index (χ0) is 12.9. The Balaban J connectivity index is 2.75. The van der Waals surface area contributed by atoms with Crippen LogP contribution in [0.4, 0.5) is 0 Å². The lowest BCUT2D eigenvalue weighted by atomic mass is 10.1. The Morgan fingerprint density at radius 2 is 2.06 bits per heavy atom. The van der Waals surface area contributed by atoms with Crippen LogP contribution < -0.4 is 5.32 Å². The molecule has 2 nitrogen and oxygen atoms in total. The number of nitrogens with one attached hydrogen (secondary N) is 1. The maximum Gasteiger partial charge on any atom is 0.0525 e. The lowest BCUT2D eigenvalue weighted by Crippen LogP contribution is -2.35. The summed E-state index contributed by atoms with van der Waals surface area (Å²) in [5, 5.41) is 13.1. The van der Waals surface area contributed by atoms with Gasteiger partial charge in [-0.2, -0.15) is 0 Å². The molecule has 0 aliphatic rings. The molecule has 0 fully saturated rings. The number of benzene rings is 1. The van der Waals surface area contributed by atoms with Crippen molar-refractivity contribution in [3.05, 3.63) is 28.8 Å². The molecule has 0 spiro atoms. The van der Waals surface area contributed by atoms with E-state index in [9.17, 15) is 0 Å². The third kappa shape index (κ3) is 5.77. The maximum absolute atomic E-state index is 8.88. The molecule has 0 aliphatic heterocycles. The van der Waals surface area contributed by atoms with E-state index >= 15 is 0 Å². The zero-order valence-electron chi connectivity index (χ0n) is 10.6. The minimum Gasteiger partial charge on any atom is -0.396 e. The number of thioether (sulfide) groups is 1. The van der Waals surface area contributed by atoms with Gasteiger partial charge in [0, 0.05) is 27.8 Å². The Hall–Kier alpha value is -0.220. The van der Waals surface area contributed by atoms with Crippen LogP contribution >= 0.6 is 23.4 Å². The molecule has 2 N–H and O–H groups in total. The van der Waals surface area contributed by atoms with Crippen molar-refractivity contribution >= 4 is 23.4 Å². The van der Waals surface area contributed by atoms with E-state index in [1.54, 1.807) is 11.8 Å². The van der Waals surface area contributed by atoms with E-state index in [1.807, 2.05) is 18.2 Å². The average molecular weight is 274 g/mol. The molecule has 1 aromatic rings. The van der Waals surface area contributed by atoms with Crippen LogP contribution in [-0.4, -0.2) is 23.0 Å². The zero-order valence-corrected chi connectivity index (χ0v) is 12.2. The third-order valence-electron chi connectivity index (χ3n) is 2.19. The molecular weight excluding hydrogens is 254 g/mol. The minimum absolute atomic E-state index is 0.0958. The normalized spacial score (nSPS) is 11.8. The summed E-state index contributed by atoms with van der Waals surface area (Å²) in [6.45, 7) is 7.42. The first-order chi connectivity index (χ1) is 7.92. The molecule has 0 amide bonds. The van der Waals surface area contributed by atoms with Gasteiger partial charge >= 0.3 is 0 Å². The van der Waals surface area contributed by atoms with Crippen LogP contribution in [0.15, 0.2) is 23.1 Å². The highest BCUT2D eigenvalue weighted by Crippen LogP contribution is 2.26. The Morgan fingerprint density at radius 3 is 2.65 bits per heavy atom. The molecule has 0 radical (unpaired) electrons. The van der Waals surface area contributed by atoms with Gasteiger partial charge in [0.05, 0.1) is 6.61 Å². The fourth-order valence-corrected chi connectivity index (χ4v) is 2.41. The van der Waals surface area contributed by atoms with Gasteiger partial charge in [0.1, 0.15) is 0 Å². The summed E-state index contributed by atoms with van der Waals surface area (Å²) in [5.74, 6) is 0.697. The van der Waals surface area contributed by atoms with E-state index in [4.69, 9.17) is 16.7 Å². The van der Waals surface area contributed by atoms with Crippen LogP contribution in [-0.2, 0) is 6.54 Å². The summed E-state index contributed by atoms with van der Waals surface area (Å²) in [6, 6.07) is 5.91. The van der Waals surface area contributed by atoms with Gasteiger partial charge in [-0.15, -0.1) is 11.8 Å². The molecule has 1 rings (SSSR count). The number of rotatable bonds is 5. The Kier molecular flexibility index (Phi) is 5.80. The smallest absolute Gasteiger partial charge is 0.0525 e. The van der Waals surface area contributed by atoms with Crippen LogP contribution in [0, 0.1) is 0 Å². The monoisotopic (exact) mass is 273 g/mol. The molecule has 0 saturated carbocycles. The summed E-state index contributed by atoms with van der Waals surface area (Å²) < 4.78 is 0. The van der Waals surface area contributed by atoms with Gasteiger partial charge in [0.15, 0.2) is 0 Å². The Bertz CT molecular complexity index is 363. The van der Waals surface area contributed by atoms with E-state index in [2.05, 4.69) is 26.1 Å². The number of aliphatic hydroxyl groups is 1. The van der Waals surface area contributed by atoms with Crippen LogP contribution in [0.2, 0.25) is 5.02 Å². The molecule has 0 aromatic heterocycles. The quantitative estimate of drug-likeness (QED) is 0.808.